The van der Waals surface area contributed by atoms with Crippen LogP contribution in [0.5, 0.6) is 0 Å². The second kappa shape index (κ2) is 5.90. The molecular formula is C15H13ClN4OS. The summed E-state index contributed by atoms with van der Waals surface area (Å²) in [6, 6.07) is 9.41. The van der Waals surface area contributed by atoms with E-state index in [9.17, 15) is 4.79 Å². The highest BCUT2D eigenvalue weighted by Gasteiger charge is 2.14. The summed E-state index contributed by atoms with van der Waals surface area (Å²) in [4.78, 5) is 21.8. The number of carbonyl (C=O) groups excluding carboxylic acids is 1. The summed E-state index contributed by atoms with van der Waals surface area (Å²) in [6.45, 7) is 0. The standard InChI is InChI=1S/C15H13ClN4OS/c1-18-15-19-13(8-3-2-4-9(16)5-8)11-6-10(7-12(17)21)22-14(11)20-15/h2-6H,7H2,1H3,(H2,17,21)(H,18,19,20). The largest absolute Gasteiger partial charge is 0.369 e. The van der Waals surface area contributed by atoms with Gasteiger partial charge in [-0.05, 0) is 18.2 Å². The van der Waals surface area contributed by atoms with Crippen molar-refractivity contribution in [3.63, 3.8) is 0 Å². The highest BCUT2D eigenvalue weighted by atomic mass is 35.5. The molecule has 0 atom stereocenters. The minimum absolute atomic E-state index is 0.199. The smallest absolute Gasteiger partial charge is 0.224 e. The molecule has 0 aliphatic rings. The molecule has 0 fully saturated rings. The number of amides is 1. The molecule has 0 saturated heterocycles. The molecule has 5 nitrogen and oxygen atoms in total. The maximum absolute atomic E-state index is 11.1. The Labute approximate surface area is 136 Å². The van der Waals surface area contributed by atoms with Crippen molar-refractivity contribution in [2.75, 3.05) is 12.4 Å². The molecule has 0 unspecified atom stereocenters. The number of nitrogens with zero attached hydrogens (tertiary/aromatic N) is 2. The van der Waals surface area contributed by atoms with Gasteiger partial charge in [0.15, 0.2) is 0 Å². The van der Waals surface area contributed by atoms with Gasteiger partial charge >= 0.3 is 0 Å². The Kier molecular flexibility index (Phi) is 3.96. The second-order valence-electron chi connectivity index (χ2n) is 4.73. The van der Waals surface area contributed by atoms with Crippen molar-refractivity contribution in [2.45, 2.75) is 6.42 Å². The number of halogens is 1. The Morgan fingerprint density at radius 2 is 2.18 bits per heavy atom. The molecule has 0 aliphatic carbocycles. The molecule has 1 amide bonds. The first-order chi connectivity index (χ1) is 10.6. The van der Waals surface area contributed by atoms with Gasteiger partial charge in [0.25, 0.3) is 0 Å². The van der Waals surface area contributed by atoms with E-state index in [0.717, 1.165) is 26.4 Å². The average molecular weight is 333 g/mol. The van der Waals surface area contributed by atoms with Crippen LogP contribution >= 0.6 is 22.9 Å². The van der Waals surface area contributed by atoms with Crippen LogP contribution in [0.15, 0.2) is 30.3 Å². The van der Waals surface area contributed by atoms with Crippen LogP contribution in [0.2, 0.25) is 5.02 Å². The Bertz CT molecular complexity index is 862. The number of thiophene rings is 1. The van der Waals surface area contributed by atoms with Crippen molar-refractivity contribution in [3.05, 3.63) is 40.2 Å². The summed E-state index contributed by atoms with van der Waals surface area (Å²) in [6.07, 6.45) is 0.199. The first kappa shape index (κ1) is 14.7. The third-order valence-corrected chi connectivity index (χ3v) is 4.38. The molecule has 0 aliphatic heterocycles. The number of carbonyl (C=O) groups is 1. The molecule has 0 saturated carbocycles. The first-order valence-corrected chi connectivity index (χ1v) is 7.78. The topological polar surface area (TPSA) is 80.9 Å². The summed E-state index contributed by atoms with van der Waals surface area (Å²) >= 11 is 7.52. The highest BCUT2D eigenvalue weighted by molar-refractivity contribution is 7.18. The second-order valence-corrected chi connectivity index (χ2v) is 6.28. The van der Waals surface area contributed by atoms with Crippen LogP contribution in [0, 0.1) is 0 Å². The van der Waals surface area contributed by atoms with Gasteiger partial charge in [-0.25, -0.2) is 9.97 Å². The van der Waals surface area contributed by atoms with Gasteiger partial charge in [0.05, 0.1) is 12.1 Å². The Balaban J connectivity index is 2.22. The van der Waals surface area contributed by atoms with Gasteiger partial charge < -0.3 is 11.1 Å². The zero-order valence-electron chi connectivity index (χ0n) is 11.8. The molecule has 7 heteroatoms. The van der Waals surface area contributed by atoms with Crippen LogP contribution in [0.3, 0.4) is 0 Å². The third kappa shape index (κ3) is 2.88. The number of hydrogen-bond acceptors (Lipinski definition) is 5. The van der Waals surface area contributed by atoms with Gasteiger partial charge in [0, 0.05) is 27.9 Å². The van der Waals surface area contributed by atoms with Gasteiger partial charge in [0.1, 0.15) is 4.83 Å². The quantitative estimate of drug-likeness (QED) is 0.769. The van der Waals surface area contributed by atoms with E-state index in [1.165, 1.54) is 11.3 Å². The molecule has 22 heavy (non-hydrogen) atoms. The fraction of sp³-hybridized carbons (Fsp3) is 0.133. The van der Waals surface area contributed by atoms with Gasteiger partial charge in [-0.15, -0.1) is 11.3 Å². The summed E-state index contributed by atoms with van der Waals surface area (Å²) in [5.74, 6) is 0.160. The molecule has 3 aromatic rings. The number of anilines is 1. The fourth-order valence-corrected chi connectivity index (χ4v) is 3.43. The van der Waals surface area contributed by atoms with Crippen LogP contribution in [0.1, 0.15) is 4.88 Å². The van der Waals surface area contributed by atoms with Crippen LogP contribution in [-0.2, 0) is 11.2 Å². The van der Waals surface area contributed by atoms with Crippen LogP contribution in [0.4, 0.5) is 5.95 Å². The van der Waals surface area contributed by atoms with Crippen molar-refractivity contribution < 1.29 is 4.79 Å². The Hall–Kier alpha value is -2.18. The van der Waals surface area contributed by atoms with Gasteiger partial charge in [-0.1, -0.05) is 23.7 Å². The molecule has 3 rings (SSSR count). The number of nitrogens with two attached hydrogens (primary N) is 1. The number of nitrogens with one attached hydrogen (secondary N) is 1. The van der Waals surface area contributed by atoms with Gasteiger partial charge in [0.2, 0.25) is 11.9 Å². The predicted molar refractivity (Wildman–Crippen MR) is 90.3 cm³/mol. The molecular weight excluding hydrogens is 320 g/mol. The number of primary amides is 1. The Morgan fingerprint density at radius 3 is 2.86 bits per heavy atom. The molecule has 0 spiro atoms. The van der Waals surface area contributed by atoms with E-state index in [0.29, 0.717) is 11.0 Å². The van der Waals surface area contributed by atoms with Crippen LogP contribution in [0.25, 0.3) is 21.5 Å². The maximum atomic E-state index is 11.1. The lowest BCUT2D eigenvalue weighted by atomic mass is 10.1. The number of rotatable bonds is 4. The maximum Gasteiger partial charge on any atom is 0.224 e. The SMILES string of the molecule is CNc1nc(-c2cccc(Cl)c2)c2cc(CC(N)=O)sc2n1. The molecule has 0 bridgehead atoms. The van der Waals surface area contributed by atoms with Gasteiger partial charge in [-0.2, -0.15) is 0 Å². The number of fused-ring (bicyclic) bond motifs is 1. The van der Waals surface area contributed by atoms with E-state index in [1.807, 2.05) is 30.3 Å². The normalized spacial score (nSPS) is 10.8. The van der Waals surface area contributed by atoms with E-state index in [4.69, 9.17) is 17.3 Å². The van der Waals surface area contributed by atoms with E-state index >= 15 is 0 Å². The number of benzene rings is 1. The highest BCUT2D eigenvalue weighted by Crippen LogP contribution is 2.33. The average Bonchev–Trinajstić information content (AvgIpc) is 2.87. The summed E-state index contributed by atoms with van der Waals surface area (Å²) in [5, 5.41) is 4.49. The third-order valence-electron chi connectivity index (χ3n) is 3.11. The summed E-state index contributed by atoms with van der Waals surface area (Å²) < 4.78 is 0. The van der Waals surface area contributed by atoms with Crippen LogP contribution in [-0.4, -0.2) is 22.9 Å². The van der Waals surface area contributed by atoms with E-state index < -0.39 is 0 Å². The zero-order chi connectivity index (χ0) is 15.7. The lowest BCUT2D eigenvalue weighted by Crippen LogP contribution is -2.12. The summed E-state index contributed by atoms with van der Waals surface area (Å²) in [5.41, 5.74) is 6.96. The number of aromatic nitrogens is 2. The monoisotopic (exact) mass is 332 g/mol. The van der Waals surface area contributed by atoms with E-state index in [1.54, 1.807) is 7.05 Å². The summed E-state index contributed by atoms with van der Waals surface area (Å²) in [7, 11) is 1.76. The van der Waals surface area contributed by atoms with Gasteiger partial charge in [-0.3, -0.25) is 4.79 Å². The molecule has 1 aromatic carbocycles. The lowest BCUT2D eigenvalue weighted by molar-refractivity contribution is -0.117. The number of hydrogen-bond donors (Lipinski definition) is 2. The van der Waals surface area contributed by atoms with Crippen molar-refractivity contribution >= 4 is 45.0 Å². The van der Waals surface area contributed by atoms with Crippen molar-refractivity contribution in [2.24, 2.45) is 5.73 Å². The lowest BCUT2D eigenvalue weighted by Gasteiger charge is -2.06. The van der Waals surface area contributed by atoms with Crippen molar-refractivity contribution in [3.8, 4) is 11.3 Å². The molecule has 0 radical (unpaired) electrons. The Morgan fingerprint density at radius 1 is 1.36 bits per heavy atom. The van der Waals surface area contributed by atoms with Crippen molar-refractivity contribution in [1.82, 2.24) is 9.97 Å². The minimum atomic E-state index is -0.363. The first-order valence-electron chi connectivity index (χ1n) is 6.59. The van der Waals surface area contributed by atoms with Crippen LogP contribution < -0.4 is 11.1 Å². The molecule has 2 heterocycles. The molecule has 2 aromatic heterocycles. The van der Waals surface area contributed by atoms with E-state index in [2.05, 4.69) is 15.3 Å². The fourth-order valence-electron chi connectivity index (χ4n) is 2.20. The zero-order valence-corrected chi connectivity index (χ0v) is 13.3. The predicted octanol–water partition coefficient (Wildman–Crippen LogP) is 3.08. The minimum Gasteiger partial charge on any atom is -0.369 e. The van der Waals surface area contributed by atoms with Crippen molar-refractivity contribution in [1.29, 1.82) is 0 Å². The molecule has 112 valence electrons. The molecule has 3 N–H and O–H groups in total. The van der Waals surface area contributed by atoms with E-state index in [-0.39, 0.29) is 12.3 Å².